The lowest BCUT2D eigenvalue weighted by Crippen LogP contribution is -2.53. The summed E-state index contributed by atoms with van der Waals surface area (Å²) < 4.78 is 5.32. The van der Waals surface area contributed by atoms with E-state index in [2.05, 4.69) is 48.0 Å². The third kappa shape index (κ3) is 5.53. The third-order valence-electron chi connectivity index (χ3n) is 3.98. The molecular weight excluding hydrogens is 290 g/mol. The lowest BCUT2D eigenvalue weighted by molar-refractivity contribution is 0.164. The molecule has 1 aromatic rings. The van der Waals surface area contributed by atoms with Gasteiger partial charge in [0, 0.05) is 45.3 Å². The maximum absolute atomic E-state index is 5.32. The molecule has 6 nitrogen and oxygen atoms in total. The summed E-state index contributed by atoms with van der Waals surface area (Å²) in [7, 11) is 0. The number of hydrogen-bond acceptors (Lipinski definition) is 4. The summed E-state index contributed by atoms with van der Waals surface area (Å²) in [5.41, 5.74) is 0.988. The summed E-state index contributed by atoms with van der Waals surface area (Å²) in [6, 6.07) is 1.99. The minimum Gasteiger partial charge on any atom is -0.359 e. The highest BCUT2D eigenvalue weighted by molar-refractivity contribution is 5.80. The van der Waals surface area contributed by atoms with E-state index in [1.807, 2.05) is 6.07 Å². The van der Waals surface area contributed by atoms with Gasteiger partial charge in [-0.1, -0.05) is 25.9 Å². The predicted molar refractivity (Wildman–Crippen MR) is 93.5 cm³/mol. The van der Waals surface area contributed by atoms with Gasteiger partial charge < -0.3 is 14.7 Å². The summed E-state index contributed by atoms with van der Waals surface area (Å²) in [6.07, 6.45) is 0.894. The van der Waals surface area contributed by atoms with E-state index in [1.54, 1.807) is 0 Å². The number of rotatable bonds is 6. The second kappa shape index (κ2) is 8.91. The fourth-order valence-corrected chi connectivity index (χ4v) is 2.83. The van der Waals surface area contributed by atoms with Crippen LogP contribution in [0, 0.1) is 5.92 Å². The molecule has 0 saturated carbocycles. The SMILES string of the molecule is CCNC(=NCc1cc(CC)no1)N1CCN(CC(C)C)CC1. The molecule has 23 heavy (non-hydrogen) atoms. The summed E-state index contributed by atoms with van der Waals surface area (Å²) in [4.78, 5) is 9.60. The van der Waals surface area contributed by atoms with Crippen LogP contribution in [0.5, 0.6) is 0 Å². The second-order valence-corrected chi connectivity index (χ2v) is 6.49. The minimum absolute atomic E-state index is 0.543. The molecule has 0 radical (unpaired) electrons. The van der Waals surface area contributed by atoms with Crippen molar-refractivity contribution in [1.82, 2.24) is 20.3 Å². The Bertz CT molecular complexity index is 489. The topological polar surface area (TPSA) is 56.9 Å². The Hall–Kier alpha value is -1.56. The van der Waals surface area contributed by atoms with Gasteiger partial charge in [0.2, 0.25) is 0 Å². The first kappa shape index (κ1) is 17.8. The van der Waals surface area contributed by atoms with Crippen LogP contribution in [0.4, 0.5) is 0 Å². The van der Waals surface area contributed by atoms with E-state index in [1.165, 1.54) is 6.54 Å². The average Bonchev–Trinajstić information content (AvgIpc) is 3.00. The van der Waals surface area contributed by atoms with Gasteiger partial charge in [0.25, 0.3) is 0 Å². The molecule has 130 valence electrons. The molecule has 0 bridgehead atoms. The fourth-order valence-electron chi connectivity index (χ4n) is 2.83. The molecule has 1 N–H and O–H groups in total. The van der Waals surface area contributed by atoms with Gasteiger partial charge in [0.15, 0.2) is 11.7 Å². The van der Waals surface area contributed by atoms with E-state index in [-0.39, 0.29) is 0 Å². The molecule has 0 atom stereocenters. The number of hydrogen-bond donors (Lipinski definition) is 1. The third-order valence-corrected chi connectivity index (χ3v) is 3.98. The van der Waals surface area contributed by atoms with Gasteiger partial charge in [-0.25, -0.2) is 4.99 Å². The average molecular weight is 321 g/mol. The maximum atomic E-state index is 5.32. The minimum atomic E-state index is 0.543. The molecule has 0 aliphatic carbocycles. The smallest absolute Gasteiger partial charge is 0.194 e. The standard InChI is InChI=1S/C17H31N5O/c1-5-15-11-16(23-20-15)12-19-17(18-6-2)22-9-7-21(8-10-22)13-14(3)4/h11,14H,5-10,12-13H2,1-4H3,(H,18,19). The number of nitrogens with one attached hydrogen (secondary N) is 1. The summed E-state index contributed by atoms with van der Waals surface area (Å²) >= 11 is 0. The van der Waals surface area contributed by atoms with Crippen molar-refractivity contribution in [3.8, 4) is 0 Å². The van der Waals surface area contributed by atoms with Crippen LogP contribution in [-0.2, 0) is 13.0 Å². The molecule has 0 amide bonds. The molecule has 0 aromatic carbocycles. The molecule has 1 aliphatic rings. The number of aryl methyl sites for hydroxylation is 1. The van der Waals surface area contributed by atoms with Gasteiger partial charge >= 0.3 is 0 Å². The molecule has 0 unspecified atom stereocenters. The fraction of sp³-hybridized carbons (Fsp3) is 0.765. The van der Waals surface area contributed by atoms with E-state index in [0.29, 0.717) is 6.54 Å². The first-order chi connectivity index (χ1) is 11.1. The molecule has 6 heteroatoms. The first-order valence-corrected chi connectivity index (χ1v) is 8.82. The van der Waals surface area contributed by atoms with E-state index < -0.39 is 0 Å². The first-order valence-electron chi connectivity index (χ1n) is 8.82. The van der Waals surface area contributed by atoms with Gasteiger partial charge in [0.05, 0.1) is 5.69 Å². The van der Waals surface area contributed by atoms with Crippen molar-refractivity contribution in [2.24, 2.45) is 10.9 Å². The van der Waals surface area contributed by atoms with E-state index in [4.69, 9.17) is 9.52 Å². The van der Waals surface area contributed by atoms with Crippen molar-refractivity contribution in [3.63, 3.8) is 0 Å². The number of aliphatic imine (C=N–C) groups is 1. The van der Waals surface area contributed by atoms with Gasteiger partial charge in [-0.2, -0.15) is 0 Å². The normalized spacial score (nSPS) is 17.1. The van der Waals surface area contributed by atoms with Crippen molar-refractivity contribution in [1.29, 1.82) is 0 Å². The van der Waals surface area contributed by atoms with Crippen molar-refractivity contribution >= 4 is 5.96 Å². The van der Waals surface area contributed by atoms with Gasteiger partial charge in [0.1, 0.15) is 6.54 Å². The zero-order valence-electron chi connectivity index (χ0n) is 15.0. The monoisotopic (exact) mass is 321 g/mol. The van der Waals surface area contributed by atoms with E-state index >= 15 is 0 Å². The van der Waals surface area contributed by atoms with Crippen LogP contribution in [0.1, 0.15) is 39.1 Å². The summed E-state index contributed by atoms with van der Waals surface area (Å²) in [5.74, 6) is 2.53. The zero-order chi connectivity index (χ0) is 16.7. The highest BCUT2D eigenvalue weighted by Gasteiger charge is 2.20. The molecule has 2 heterocycles. The van der Waals surface area contributed by atoms with Gasteiger partial charge in [-0.05, 0) is 19.3 Å². The van der Waals surface area contributed by atoms with Crippen LogP contribution in [-0.4, -0.2) is 60.2 Å². The maximum Gasteiger partial charge on any atom is 0.194 e. The van der Waals surface area contributed by atoms with Crippen molar-refractivity contribution in [2.75, 3.05) is 39.3 Å². The van der Waals surface area contributed by atoms with Gasteiger partial charge in [-0.3, -0.25) is 4.90 Å². The van der Waals surface area contributed by atoms with E-state index in [0.717, 1.165) is 62.5 Å². The van der Waals surface area contributed by atoms with Crippen molar-refractivity contribution in [2.45, 2.75) is 40.7 Å². The highest BCUT2D eigenvalue weighted by atomic mass is 16.5. The molecule has 1 fully saturated rings. The molecule has 1 saturated heterocycles. The largest absolute Gasteiger partial charge is 0.359 e. The lowest BCUT2D eigenvalue weighted by atomic mass is 10.2. The molecular formula is C17H31N5O. The van der Waals surface area contributed by atoms with Crippen LogP contribution in [0.3, 0.4) is 0 Å². The molecule has 2 rings (SSSR count). The highest BCUT2D eigenvalue weighted by Crippen LogP contribution is 2.08. The second-order valence-electron chi connectivity index (χ2n) is 6.49. The quantitative estimate of drug-likeness (QED) is 0.641. The van der Waals surface area contributed by atoms with Crippen LogP contribution < -0.4 is 5.32 Å². The van der Waals surface area contributed by atoms with Crippen LogP contribution >= 0.6 is 0 Å². The Labute approximate surface area is 139 Å². The van der Waals surface area contributed by atoms with Crippen LogP contribution in [0.2, 0.25) is 0 Å². The Morgan fingerprint density at radius 2 is 2.04 bits per heavy atom. The summed E-state index contributed by atoms with van der Waals surface area (Å²) in [5, 5.41) is 7.42. The zero-order valence-corrected chi connectivity index (χ0v) is 15.0. The number of nitrogens with zero attached hydrogens (tertiary/aromatic N) is 4. The van der Waals surface area contributed by atoms with E-state index in [9.17, 15) is 0 Å². The molecule has 1 aromatic heterocycles. The lowest BCUT2D eigenvalue weighted by Gasteiger charge is -2.37. The number of piperazine rings is 1. The Morgan fingerprint density at radius 1 is 1.30 bits per heavy atom. The summed E-state index contributed by atoms with van der Waals surface area (Å²) in [6.45, 7) is 15.6. The van der Waals surface area contributed by atoms with Crippen molar-refractivity contribution < 1.29 is 4.52 Å². The predicted octanol–water partition coefficient (Wildman–Crippen LogP) is 1.98. The Balaban J connectivity index is 1.91. The van der Waals surface area contributed by atoms with Crippen molar-refractivity contribution in [3.05, 3.63) is 17.5 Å². The van der Waals surface area contributed by atoms with Crippen LogP contribution in [0.15, 0.2) is 15.6 Å². The molecule has 0 spiro atoms. The number of aromatic nitrogens is 1. The number of guanidine groups is 1. The Kier molecular flexibility index (Phi) is 6.89. The van der Waals surface area contributed by atoms with Gasteiger partial charge in [-0.15, -0.1) is 0 Å². The Morgan fingerprint density at radius 3 is 2.61 bits per heavy atom. The molecule has 1 aliphatic heterocycles. The van der Waals surface area contributed by atoms with Crippen LogP contribution in [0.25, 0.3) is 0 Å².